The molecule has 4 unspecified atom stereocenters. The highest BCUT2D eigenvalue weighted by molar-refractivity contribution is 5.66. The van der Waals surface area contributed by atoms with E-state index in [1.807, 2.05) is 60.7 Å². The Hall–Kier alpha value is -2.49. The summed E-state index contributed by atoms with van der Waals surface area (Å²) < 4.78 is 61.1. The van der Waals surface area contributed by atoms with Crippen LogP contribution in [0.15, 0.2) is 60.7 Å². The Kier molecular flexibility index (Phi) is 19.0. The second kappa shape index (κ2) is 23.3. The van der Waals surface area contributed by atoms with E-state index in [9.17, 15) is 4.79 Å². The maximum absolute atomic E-state index is 12.3. The first kappa shape index (κ1) is 42.3. The van der Waals surface area contributed by atoms with Crippen molar-refractivity contribution in [2.75, 3.05) is 66.0 Å². The summed E-state index contributed by atoms with van der Waals surface area (Å²) in [5.41, 5.74) is 7.61. The molecule has 292 valence electrons. The average molecular weight is 732 g/mol. The van der Waals surface area contributed by atoms with Gasteiger partial charge in [-0.15, -0.1) is 0 Å². The van der Waals surface area contributed by atoms with Crippen LogP contribution in [-0.4, -0.2) is 109 Å². The number of nitrogens with two attached hydrogens (primary N) is 1. The zero-order valence-corrected chi connectivity index (χ0v) is 31.6. The molecule has 4 rings (SSSR count). The lowest BCUT2D eigenvalue weighted by molar-refractivity contribution is -0.350. The normalized spacial score (nSPS) is 29.2. The molecule has 2 aliphatic rings. The van der Waals surface area contributed by atoms with Gasteiger partial charge in [-0.1, -0.05) is 88.4 Å². The quantitative estimate of drug-likeness (QED) is 0.125. The molecule has 0 spiro atoms. The van der Waals surface area contributed by atoms with E-state index in [1.54, 1.807) is 0 Å². The Balaban J connectivity index is 1.40. The van der Waals surface area contributed by atoms with E-state index < -0.39 is 30.8 Å². The highest BCUT2D eigenvalue weighted by atomic mass is 16.8. The fourth-order valence-electron chi connectivity index (χ4n) is 6.42. The Morgan fingerprint density at radius 1 is 0.596 bits per heavy atom. The van der Waals surface area contributed by atoms with Crippen LogP contribution in [0.3, 0.4) is 0 Å². The van der Waals surface area contributed by atoms with Crippen LogP contribution in [-0.2, 0) is 65.4 Å². The number of carbonyl (C=O) groups excluding carboxylic acids is 1. The molecule has 2 fully saturated rings. The van der Waals surface area contributed by atoms with Gasteiger partial charge in [-0.05, 0) is 28.9 Å². The highest BCUT2D eigenvalue weighted by Gasteiger charge is 2.49. The summed E-state index contributed by atoms with van der Waals surface area (Å²) in [6.07, 6.45) is -3.30. The van der Waals surface area contributed by atoms with Crippen LogP contribution in [0.5, 0.6) is 0 Å². The summed E-state index contributed by atoms with van der Waals surface area (Å²) in [5, 5.41) is 0. The number of hydrogen-bond acceptors (Lipinski definition) is 12. The Morgan fingerprint density at radius 3 is 1.56 bits per heavy atom. The van der Waals surface area contributed by atoms with Gasteiger partial charge in [0.25, 0.3) is 0 Å². The SMILES string of the molecule is CC(=O)O[C@@H]1C(C)[C@H](C)C(COCc2ccccc2)O[C@@H]1O[C@@H]1C(C)[C@H](C)C(COCc2ccccc2)O[C@@H]1OCCOCCOCCOCCN. The molecule has 2 aromatic carbocycles. The van der Waals surface area contributed by atoms with Gasteiger partial charge in [-0.3, -0.25) is 4.79 Å². The average Bonchev–Trinajstić information content (AvgIpc) is 3.14. The number of hydrogen-bond donors (Lipinski definition) is 1. The van der Waals surface area contributed by atoms with Crippen LogP contribution in [0.2, 0.25) is 0 Å². The number of esters is 1. The molecular formula is C40H61NO11. The minimum absolute atomic E-state index is 0.0242. The molecular weight excluding hydrogens is 670 g/mol. The fraction of sp³-hybridized carbons (Fsp3) is 0.675. The third-order valence-corrected chi connectivity index (χ3v) is 9.92. The van der Waals surface area contributed by atoms with Crippen LogP contribution >= 0.6 is 0 Å². The molecule has 0 bridgehead atoms. The Bertz CT molecular complexity index is 1240. The van der Waals surface area contributed by atoms with Gasteiger partial charge in [0.15, 0.2) is 18.7 Å². The van der Waals surface area contributed by atoms with Crippen LogP contribution in [0, 0.1) is 23.7 Å². The van der Waals surface area contributed by atoms with Gasteiger partial charge in [-0.2, -0.15) is 0 Å². The number of rotatable bonds is 23. The molecule has 0 amide bonds. The van der Waals surface area contributed by atoms with Gasteiger partial charge in [0.05, 0.1) is 84.9 Å². The maximum atomic E-state index is 12.3. The van der Waals surface area contributed by atoms with E-state index in [-0.39, 0.29) is 42.5 Å². The molecule has 2 aliphatic heterocycles. The molecule has 52 heavy (non-hydrogen) atoms. The number of ether oxygens (including phenoxy) is 10. The fourth-order valence-corrected chi connectivity index (χ4v) is 6.42. The summed E-state index contributed by atoms with van der Waals surface area (Å²) in [5.74, 6) is -0.388. The van der Waals surface area contributed by atoms with E-state index >= 15 is 0 Å². The van der Waals surface area contributed by atoms with Crippen LogP contribution < -0.4 is 5.73 Å². The molecule has 2 N–H and O–H groups in total. The molecule has 0 saturated carbocycles. The lowest BCUT2D eigenvalue weighted by atomic mass is 9.82. The first-order valence-electron chi connectivity index (χ1n) is 18.7. The predicted molar refractivity (Wildman–Crippen MR) is 194 cm³/mol. The van der Waals surface area contributed by atoms with Crippen molar-refractivity contribution in [2.24, 2.45) is 29.4 Å². The van der Waals surface area contributed by atoms with Gasteiger partial charge >= 0.3 is 5.97 Å². The van der Waals surface area contributed by atoms with Crippen molar-refractivity contribution in [3.8, 4) is 0 Å². The lowest BCUT2D eigenvalue weighted by Gasteiger charge is -2.48. The van der Waals surface area contributed by atoms with Crippen molar-refractivity contribution in [2.45, 2.75) is 84.8 Å². The zero-order chi connectivity index (χ0) is 37.1. The summed E-state index contributed by atoms with van der Waals surface area (Å²) in [4.78, 5) is 12.3. The summed E-state index contributed by atoms with van der Waals surface area (Å²) in [6.45, 7) is 15.0. The Labute approximate surface area is 309 Å². The molecule has 10 atom stereocenters. The minimum Gasteiger partial charge on any atom is -0.457 e. The molecule has 0 radical (unpaired) electrons. The zero-order valence-electron chi connectivity index (χ0n) is 31.6. The van der Waals surface area contributed by atoms with Crippen molar-refractivity contribution < 1.29 is 52.2 Å². The second-order valence-electron chi connectivity index (χ2n) is 13.7. The van der Waals surface area contributed by atoms with Crippen LogP contribution in [0.1, 0.15) is 45.7 Å². The monoisotopic (exact) mass is 731 g/mol. The van der Waals surface area contributed by atoms with E-state index in [1.165, 1.54) is 6.92 Å². The summed E-state index contributed by atoms with van der Waals surface area (Å²) in [7, 11) is 0. The number of benzene rings is 2. The van der Waals surface area contributed by atoms with E-state index in [4.69, 9.17) is 53.1 Å². The smallest absolute Gasteiger partial charge is 0.303 e. The van der Waals surface area contributed by atoms with Crippen molar-refractivity contribution in [1.82, 2.24) is 0 Å². The third kappa shape index (κ3) is 13.7. The lowest BCUT2D eigenvalue weighted by Crippen LogP contribution is -2.58. The van der Waals surface area contributed by atoms with Crippen molar-refractivity contribution in [3.63, 3.8) is 0 Å². The van der Waals surface area contributed by atoms with Gasteiger partial charge in [0.2, 0.25) is 0 Å². The molecule has 0 aromatic heterocycles. The van der Waals surface area contributed by atoms with Gasteiger partial charge in [-0.25, -0.2) is 0 Å². The second-order valence-corrected chi connectivity index (χ2v) is 13.7. The first-order valence-corrected chi connectivity index (χ1v) is 18.7. The van der Waals surface area contributed by atoms with Crippen LogP contribution in [0.4, 0.5) is 0 Å². The molecule has 12 heteroatoms. The topological polar surface area (TPSA) is 135 Å². The Morgan fingerprint density at radius 2 is 1.06 bits per heavy atom. The van der Waals surface area contributed by atoms with Crippen molar-refractivity contribution in [3.05, 3.63) is 71.8 Å². The van der Waals surface area contributed by atoms with E-state index in [0.717, 1.165) is 11.1 Å². The van der Waals surface area contributed by atoms with E-state index in [0.29, 0.717) is 72.6 Å². The van der Waals surface area contributed by atoms with Crippen molar-refractivity contribution in [1.29, 1.82) is 0 Å². The van der Waals surface area contributed by atoms with Crippen LogP contribution in [0.25, 0.3) is 0 Å². The van der Waals surface area contributed by atoms with Gasteiger partial charge in [0, 0.05) is 19.4 Å². The summed E-state index contributed by atoms with van der Waals surface area (Å²) >= 11 is 0. The third-order valence-electron chi connectivity index (χ3n) is 9.92. The highest BCUT2D eigenvalue weighted by Crippen LogP contribution is 2.39. The molecule has 2 saturated heterocycles. The predicted octanol–water partition coefficient (Wildman–Crippen LogP) is 4.76. The standard InChI is InChI=1S/C40H61NO11/c1-28-30(3)37(52-40-38(49-32(5)42)31(4)29(2)36(51-40)27-47-25-34-14-10-7-11-15-34)39(48-23-22-45-21-20-44-19-18-43-17-16-41)50-35(28)26-46-24-33-12-8-6-9-13-33/h6-15,28-31,35-40H,16-27,41H2,1-5H3/t28-,29-,30?,31?,35?,36?,37+,38+,39-,40+/m0/s1. The molecule has 12 nitrogen and oxygen atoms in total. The molecule has 0 aliphatic carbocycles. The summed E-state index contributed by atoms with van der Waals surface area (Å²) in [6, 6.07) is 20.1. The largest absolute Gasteiger partial charge is 0.457 e. The molecule has 2 aromatic rings. The van der Waals surface area contributed by atoms with Gasteiger partial charge < -0.3 is 53.1 Å². The minimum atomic E-state index is -0.858. The molecule has 2 heterocycles. The van der Waals surface area contributed by atoms with Gasteiger partial charge in [0.1, 0.15) is 6.10 Å². The number of carbonyl (C=O) groups is 1. The van der Waals surface area contributed by atoms with E-state index in [2.05, 4.69) is 27.7 Å². The first-order chi connectivity index (χ1) is 25.3. The maximum Gasteiger partial charge on any atom is 0.303 e. The van der Waals surface area contributed by atoms with Crippen molar-refractivity contribution >= 4 is 5.97 Å².